The molecule has 2 aromatic heterocycles. The number of nitrogens with one attached hydrogen (secondary N) is 5. The van der Waals surface area contributed by atoms with Gasteiger partial charge in [-0.2, -0.15) is 0 Å². The number of likely N-dealkylation sites (tertiary alicyclic amines) is 2. The van der Waals surface area contributed by atoms with Crippen LogP contribution in [0.15, 0.2) is 85.2 Å². The molecule has 65 heavy (non-hydrogen) atoms. The average molecular weight is 884 g/mol. The van der Waals surface area contributed by atoms with Crippen molar-refractivity contribution in [3.63, 3.8) is 0 Å². The molecule has 5 N–H and O–H groups in total. The summed E-state index contributed by atoms with van der Waals surface area (Å²) in [4.78, 5) is 63.8. The number of aromatic nitrogens is 3. The van der Waals surface area contributed by atoms with E-state index in [1.165, 1.54) is 14.2 Å². The Bertz CT molecular complexity index is 2640. The van der Waals surface area contributed by atoms with Crippen LogP contribution in [0.1, 0.15) is 82.6 Å². The zero-order valence-electron chi connectivity index (χ0n) is 37.6. The smallest absolute Gasteiger partial charge is 0.407 e. The summed E-state index contributed by atoms with van der Waals surface area (Å²) in [5.74, 6) is 0.951. The molecule has 16 heteroatoms. The minimum atomic E-state index is -0.712. The zero-order valence-corrected chi connectivity index (χ0v) is 37.6. The number of carbonyl (C=O) groups excluding carboxylic acids is 4. The molecule has 16 nitrogen and oxygen atoms in total. The van der Waals surface area contributed by atoms with Gasteiger partial charge in [-0.15, -0.1) is 0 Å². The Morgan fingerprint density at radius 3 is 2.18 bits per heavy atom. The number of methoxy groups -OCH3 is 2. The van der Waals surface area contributed by atoms with Crippen molar-refractivity contribution in [3.05, 3.63) is 102 Å². The van der Waals surface area contributed by atoms with Gasteiger partial charge in [0.1, 0.15) is 29.8 Å². The Balaban J connectivity index is 0.973. The SMILES string of the molecule is COC(=O)NC(C(=O)N1CCCC1c1ncc(-c2ccc3c(c2)cc2n3[C@H](c3ccccc3)Oc3cc(C4=CNC(C5CCCN5C(=O)C(NC(=O)OC)C(C)C)N4)ccc3-2)[nH]1)C(C)C. The van der Waals surface area contributed by atoms with Crippen LogP contribution in [0.2, 0.25) is 0 Å². The number of carbonyl (C=O) groups is 4. The van der Waals surface area contributed by atoms with Crippen molar-refractivity contribution in [2.45, 2.75) is 89.9 Å². The number of nitrogens with zero attached hydrogens (tertiary/aromatic N) is 4. The van der Waals surface area contributed by atoms with E-state index in [-0.39, 0.29) is 41.9 Å². The summed E-state index contributed by atoms with van der Waals surface area (Å²) in [6, 6.07) is 23.3. The van der Waals surface area contributed by atoms with E-state index in [2.05, 4.69) is 85.4 Å². The highest BCUT2D eigenvalue weighted by atomic mass is 16.5. The van der Waals surface area contributed by atoms with Crippen LogP contribution >= 0.6 is 0 Å². The van der Waals surface area contributed by atoms with Gasteiger partial charge in [0, 0.05) is 46.9 Å². The van der Waals surface area contributed by atoms with Gasteiger partial charge in [-0.25, -0.2) is 14.6 Å². The predicted molar refractivity (Wildman–Crippen MR) is 245 cm³/mol. The van der Waals surface area contributed by atoms with Gasteiger partial charge in [-0.1, -0.05) is 70.2 Å². The third kappa shape index (κ3) is 8.21. The summed E-state index contributed by atoms with van der Waals surface area (Å²) in [6.45, 7) is 8.82. The molecule has 2 saturated heterocycles. The van der Waals surface area contributed by atoms with E-state index in [9.17, 15) is 19.2 Å². The van der Waals surface area contributed by atoms with Crippen molar-refractivity contribution >= 4 is 40.6 Å². The number of amides is 4. The van der Waals surface area contributed by atoms with E-state index in [0.717, 1.165) is 81.7 Å². The maximum Gasteiger partial charge on any atom is 0.407 e. The third-order valence-corrected chi connectivity index (χ3v) is 13.2. The van der Waals surface area contributed by atoms with Crippen LogP contribution in [0, 0.1) is 11.8 Å². The van der Waals surface area contributed by atoms with Gasteiger partial charge in [0.15, 0.2) is 0 Å². The standard InChI is InChI=1S/C49H57N9O7/c1-27(2)41(54-48(61)63-5)45(59)56-20-10-14-37(56)43-50-25-34(52-43)30-17-19-36-32(22-30)23-39-33-18-16-31(24-40(33)65-47(58(36)39)29-12-8-7-9-13-29)35-26-51-44(53-35)38-15-11-21-57(38)46(60)42(28(3)4)55-49(62)64-6/h7-9,12-13,16-19,22-28,37-38,41-42,44,47,51,53H,10-11,14-15,20-21H2,1-6H3,(H,50,52)(H,54,61)(H,55,62)/t37?,38?,41?,42?,44?,47-/m0/s1. The van der Waals surface area contributed by atoms with E-state index in [4.69, 9.17) is 19.2 Å². The second kappa shape index (κ2) is 17.9. The van der Waals surface area contributed by atoms with Crippen LogP contribution in [0.25, 0.3) is 39.1 Å². The molecule has 0 bridgehead atoms. The Kier molecular flexibility index (Phi) is 11.9. The number of hydrogen-bond acceptors (Lipinski definition) is 10. The molecule has 6 heterocycles. The van der Waals surface area contributed by atoms with E-state index in [1.807, 2.05) is 68.1 Å². The largest absolute Gasteiger partial charge is 0.465 e. The van der Waals surface area contributed by atoms with Crippen LogP contribution in [0.3, 0.4) is 0 Å². The van der Waals surface area contributed by atoms with E-state index in [1.54, 1.807) is 0 Å². The van der Waals surface area contributed by atoms with Crippen LogP contribution in [0.5, 0.6) is 5.75 Å². The van der Waals surface area contributed by atoms with Crippen molar-refractivity contribution in [1.82, 2.24) is 45.6 Å². The average Bonchev–Trinajstić information content (AvgIpc) is 4.18. The van der Waals surface area contributed by atoms with Crippen LogP contribution in [-0.2, 0) is 19.1 Å². The van der Waals surface area contributed by atoms with Gasteiger partial charge in [0.25, 0.3) is 0 Å². The molecule has 6 atom stereocenters. The summed E-state index contributed by atoms with van der Waals surface area (Å²) in [6.07, 6.45) is 5.15. The van der Waals surface area contributed by atoms with Crippen LogP contribution in [-0.4, -0.2) is 99.9 Å². The van der Waals surface area contributed by atoms with Gasteiger partial charge in [0.2, 0.25) is 18.0 Å². The minimum absolute atomic E-state index is 0.113. The number of ether oxygens (including phenoxy) is 3. The fourth-order valence-electron chi connectivity index (χ4n) is 9.80. The molecule has 5 aromatic rings. The molecular formula is C49H57N9O7. The normalized spacial score (nSPS) is 20.9. The van der Waals surface area contributed by atoms with E-state index >= 15 is 0 Å². The first-order chi connectivity index (χ1) is 31.4. The highest BCUT2D eigenvalue weighted by molar-refractivity contribution is 5.93. The molecule has 5 unspecified atom stereocenters. The Labute approximate surface area is 378 Å². The molecular weight excluding hydrogens is 827 g/mol. The second-order valence-corrected chi connectivity index (χ2v) is 17.9. The Morgan fingerprint density at radius 2 is 1.48 bits per heavy atom. The third-order valence-electron chi connectivity index (χ3n) is 13.2. The van der Waals surface area contributed by atoms with Gasteiger partial charge in [0.05, 0.1) is 55.1 Å². The molecule has 0 aliphatic carbocycles. The fraction of sp³-hybridized carbons (Fsp3) is 0.408. The lowest BCUT2D eigenvalue weighted by atomic mass is 10.0. The number of fused-ring (bicyclic) bond motifs is 5. The number of H-pyrrole nitrogens is 1. The first-order valence-electron chi connectivity index (χ1n) is 22.5. The lowest BCUT2D eigenvalue weighted by Gasteiger charge is -2.34. The first-order valence-corrected chi connectivity index (χ1v) is 22.5. The van der Waals surface area contributed by atoms with Gasteiger partial charge in [-0.3, -0.25) is 9.59 Å². The van der Waals surface area contributed by atoms with Crippen LogP contribution in [0.4, 0.5) is 9.59 Å². The molecule has 4 aliphatic heterocycles. The van der Waals surface area contributed by atoms with Crippen LogP contribution < -0.4 is 26.0 Å². The summed E-state index contributed by atoms with van der Waals surface area (Å²) in [5, 5.41) is 13.6. The van der Waals surface area contributed by atoms with Gasteiger partial charge >= 0.3 is 12.2 Å². The molecule has 3 aromatic carbocycles. The monoisotopic (exact) mass is 883 g/mol. The van der Waals surface area contributed by atoms with Gasteiger partial charge in [-0.05, 0) is 67.9 Å². The van der Waals surface area contributed by atoms with Crippen molar-refractivity contribution in [1.29, 1.82) is 0 Å². The molecule has 9 rings (SSSR count). The maximum absolute atomic E-state index is 13.8. The quantitative estimate of drug-likeness (QED) is 0.0939. The number of hydrogen-bond donors (Lipinski definition) is 5. The van der Waals surface area contributed by atoms with Crippen molar-refractivity contribution in [3.8, 4) is 28.3 Å². The lowest BCUT2D eigenvalue weighted by molar-refractivity contribution is -0.136. The minimum Gasteiger partial charge on any atom is -0.465 e. The zero-order chi connectivity index (χ0) is 45.5. The van der Waals surface area contributed by atoms with Gasteiger partial charge < -0.3 is 54.8 Å². The second-order valence-electron chi connectivity index (χ2n) is 17.9. The van der Waals surface area contributed by atoms with Crippen molar-refractivity contribution < 1.29 is 33.4 Å². The first kappa shape index (κ1) is 43.3. The topological polar surface area (TPSA) is 184 Å². The number of alkyl carbamates (subject to hydrolysis) is 2. The maximum atomic E-state index is 13.8. The molecule has 4 amide bonds. The number of aromatic amines is 1. The summed E-state index contributed by atoms with van der Waals surface area (Å²) in [5.41, 5.74) is 7.64. The Hall–Kier alpha value is -6.97. The molecule has 0 spiro atoms. The highest BCUT2D eigenvalue weighted by Crippen LogP contribution is 2.46. The molecule has 0 saturated carbocycles. The highest BCUT2D eigenvalue weighted by Gasteiger charge is 2.41. The van der Waals surface area contributed by atoms with Crippen molar-refractivity contribution in [2.75, 3.05) is 27.3 Å². The molecule has 340 valence electrons. The Morgan fingerprint density at radius 1 is 0.800 bits per heavy atom. The van der Waals surface area contributed by atoms with E-state index in [0.29, 0.717) is 18.9 Å². The summed E-state index contributed by atoms with van der Waals surface area (Å²) < 4.78 is 18.8. The molecule has 0 radical (unpaired) electrons. The number of benzene rings is 3. The summed E-state index contributed by atoms with van der Waals surface area (Å²) >= 11 is 0. The lowest BCUT2D eigenvalue weighted by Crippen LogP contribution is -2.57. The number of imidazole rings is 1. The molecule has 4 aliphatic rings. The van der Waals surface area contributed by atoms with Crippen molar-refractivity contribution in [2.24, 2.45) is 11.8 Å². The molecule has 2 fully saturated rings. The summed E-state index contributed by atoms with van der Waals surface area (Å²) in [7, 11) is 2.59. The van der Waals surface area contributed by atoms with E-state index < -0.39 is 30.5 Å². The predicted octanol–water partition coefficient (Wildman–Crippen LogP) is 6.87. The number of rotatable bonds is 11. The fourth-order valence-corrected chi connectivity index (χ4v) is 9.80.